The average Bonchev–Trinajstić information content (AvgIpc) is 3.54. The van der Waals surface area contributed by atoms with Crippen LogP contribution in [-0.2, 0) is 0 Å². The lowest BCUT2D eigenvalue weighted by atomic mass is 10.0. The quantitative estimate of drug-likeness (QED) is 0.186. The smallest absolute Gasteiger partial charge is 0.0619 e. The van der Waals surface area contributed by atoms with Crippen LogP contribution < -0.4 is 0 Å². The molecule has 0 spiro atoms. The van der Waals surface area contributed by atoms with E-state index in [-0.39, 0.29) is 0 Å². The minimum absolute atomic E-state index is 0.887. The van der Waals surface area contributed by atoms with Crippen LogP contribution in [0.2, 0.25) is 0 Å². The third-order valence-electron chi connectivity index (χ3n) is 7.38. The highest BCUT2D eigenvalue weighted by Gasteiger charge is 2.16. The number of benzene rings is 5. The fourth-order valence-electron chi connectivity index (χ4n) is 5.58. The van der Waals surface area contributed by atoms with E-state index >= 15 is 0 Å². The van der Waals surface area contributed by atoms with Gasteiger partial charge in [-0.15, -0.1) is 0 Å². The first-order valence-corrected chi connectivity index (χ1v) is 12.7. The van der Waals surface area contributed by atoms with Crippen molar-refractivity contribution in [3.63, 3.8) is 0 Å². The van der Waals surface area contributed by atoms with Crippen molar-refractivity contribution in [3.05, 3.63) is 140 Å². The van der Waals surface area contributed by atoms with Gasteiger partial charge in [-0.05, 0) is 71.1 Å². The van der Waals surface area contributed by atoms with E-state index in [9.17, 15) is 0 Å². The molecular formula is C35H25N3. The van der Waals surface area contributed by atoms with E-state index in [1.165, 1.54) is 49.7 Å². The number of nitrogens with zero attached hydrogens (tertiary/aromatic N) is 2. The summed E-state index contributed by atoms with van der Waals surface area (Å²) in [5, 5.41) is 13.4. The lowest BCUT2D eigenvalue weighted by molar-refractivity contribution is 1.13. The van der Waals surface area contributed by atoms with Gasteiger partial charge in [0.15, 0.2) is 0 Å². The summed E-state index contributed by atoms with van der Waals surface area (Å²) in [6.45, 7) is 4.15. The monoisotopic (exact) mass is 487 g/mol. The highest BCUT2D eigenvalue weighted by Crippen LogP contribution is 2.38. The second-order valence-corrected chi connectivity index (χ2v) is 9.57. The van der Waals surface area contributed by atoms with Crippen molar-refractivity contribution in [1.82, 2.24) is 9.13 Å². The van der Waals surface area contributed by atoms with E-state index in [1.807, 2.05) is 6.08 Å². The number of aromatic nitrogens is 2. The van der Waals surface area contributed by atoms with Gasteiger partial charge in [0.25, 0.3) is 0 Å². The zero-order chi connectivity index (χ0) is 25.6. The molecule has 3 nitrogen and oxygen atoms in total. The first kappa shape index (κ1) is 22.1. The Hall–Kier alpha value is -5.15. The SMILES string of the molecule is C=C(/C=C\C=N)c1ccc(-n2c3ccccc3c3ccc4cc5c(ccn5-c5ccccc5)cc4c32)cc1. The summed E-state index contributed by atoms with van der Waals surface area (Å²) >= 11 is 0. The molecule has 7 aromatic rings. The molecule has 0 unspecified atom stereocenters. The zero-order valence-corrected chi connectivity index (χ0v) is 20.8. The maximum absolute atomic E-state index is 7.24. The van der Waals surface area contributed by atoms with Crippen LogP contribution in [0.5, 0.6) is 0 Å². The Balaban J connectivity index is 1.49. The zero-order valence-electron chi connectivity index (χ0n) is 20.8. The standard InChI is InChI=1S/C35H25N3/c1-24(8-7-20-36)25-13-16-29(17-14-25)38-33-12-6-5-11-30(33)31-18-15-26-23-34-27(22-32(26)35(31)38)19-21-37(34)28-9-3-2-4-10-28/h2-23,36H,1H2/b8-7-,36-20?. The summed E-state index contributed by atoms with van der Waals surface area (Å²) in [7, 11) is 0. The Morgan fingerprint density at radius 3 is 2.26 bits per heavy atom. The van der Waals surface area contributed by atoms with Crippen molar-refractivity contribution >= 4 is 55.3 Å². The van der Waals surface area contributed by atoms with Crippen molar-refractivity contribution < 1.29 is 0 Å². The Kier molecular flexibility index (Phi) is 5.09. The normalized spacial score (nSPS) is 11.8. The van der Waals surface area contributed by atoms with Crippen LogP contribution in [0, 0.1) is 5.41 Å². The van der Waals surface area contributed by atoms with Gasteiger partial charge in [0.05, 0.1) is 16.6 Å². The average molecular weight is 488 g/mol. The van der Waals surface area contributed by atoms with E-state index in [0.29, 0.717) is 0 Å². The molecule has 0 saturated heterocycles. The van der Waals surface area contributed by atoms with Crippen LogP contribution in [0.3, 0.4) is 0 Å². The topological polar surface area (TPSA) is 33.7 Å². The van der Waals surface area contributed by atoms with Crippen LogP contribution in [0.25, 0.3) is 60.4 Å². The molecule has 0 bridgehead atoms. The molecule has 0 fully saturated rings. The van der Waals surface area contributed by atoms with Gasteiger partial charge >= 0.3 is 0 Å². The maximum atomic E-state index is 7.24. The van der Waals surface area contributed by atoms with Crippen molar-refractivity contribution in [2.24, 2.45) is 0 Å². The predicted molar refractivity (Wildman–Crippen MR) is 162 cm³/mol. The van der Waals surface area contributed by atoms with Crippen LogP contribution >= 0.6 is 0 Å². The van der Waals surface area contributed by atoms with Gasteiger partial charge in [0.1, 0.15) is 0 Å². The molecule has 0 radical (unpaired) electrons. The number of nitrogens with one attached hydrogen (secondary N) is 1. The Morgan fingerprint density at radius 1 is 0.658 bits per heavy atom. The van der Waals surface area contributed by atoms with Gasteiger partial charge < -0.3 is 14.5 Å². The molecule has 3 heteroatoms. The largest absolute Gasteiger partial charge is 0.317 e. The van der Waals surface area contributed by atoms with Crippen molar-refractivity contribution in [2.75, 3.05) is 0 Å². The Labute approximate surface area is 220 Å². The molecule has 0 aliphatic heterocycles. The summed E-state index contributed by atoms with van der Waals surface area (Å²) in [5.41, 5.74) is 7.80. The number of hydrogen-bond donors (Lipinski definition) is 1. The molecule has 0 atom stereocenters. The van der Waals surface area contributed by atoms with E-state index < -0.39 is 0 Å². The van der Waals surface area contributed by atoms with Crippen molar-refractivity contribution in [3.8, 4) is 11.4 Å². The fraction of sp³-hybridized carbons (Fsp3) is 0. The second-order valence-electron chi connectivity index (χ2n) is 9.57. The molecule has 0 saturated carbocycles. The highest BCUT2D eigenvalue weighted by molar-refractivity contribution is 6.20. The van der Waals surface area contributed by atoms with E-state index in [0.717, 1.165) is 22.5 Å². The molecular weight excluding hydrogens is 462 g/mol. The number of rotatable bonds is 5. The minimum Gasteiger partial charge on any atom is -0.317 e. The molecule has 0 amide bonds. The number of hydrogen-bond acceptors (Lipinski definition) is 1. The van der Waals surface area contributed by atoms with Gasteiger partial charge in [-0.2, -0.15) is 0 Å². The van der Waals surface area contributed by atoms with Gasteiger partial charge in [0.2, 0.25) is 0 Å². The summed E-state index contributed by atoms with van der Waals surface area (Å²) in [6, 6.07) is 39.0. The van der Waals surface area contributed by atoms with Crippen LogP contribution in [0.15, 0.2) is 134 Å². The fourth-order valence-corrected chi connectivity index (χ4v) is 5.58. The van der Waals surface area contributed by atoms with Gasteiger partial charge in [0, 0.05) is 45.3 Å². The third kappa shape index (κ3) is 3.40. The summed E-state index contributed by atoms with van der Waals surface area (Å²) in [5.74, 6) is 0. The molecule has 5 aromatic carbocycles. The van der Waals surface area contributed by atoms with Gasteiger partial charge in [-0.25, -0.2) is 0 Å². The molecule has 2 heterocycles. The number of para-hydroxylation sites is 2. The Bertz CT molecular complexity index is 2030. The number of fused-ring (bicyclic) bond motifs is 6. The first-order valence-electron chi connectivity index (χ1n) is 12.7. The summed E-state index contributed by atoms with van der Waals surface area (Å²) in [4.78, 5) is 0. The molecule has 7 rings (SSSR count). The highest BCUT2D eigenvalue weighted by atomic mass is 15.0. The number of allylic oxidation sites excluding steroid dienone is 3. The molecule has 2 aromatic heterocycles. The summed E-state index contributed by atoms with van der Waals surface area (Å²) in [6.07, 6.45) is 6.99. The van der Waals surface area contributed by atoms with Gasteiger partial charge in [-0.3, -0.25) is 0 Å². The molecule has 1 N–H and O–H groups in total. The molecule has 180 valence electrons. The molecule has 0 aliphatic carbocycles. The van der Waals surface area contributed by atoms with E-state index in [4.69, 9.17) is 5.41 Å². The van der Waals surface area contributed by atoms with E-state index in [2.05, 4.69) is 131 Å². The molecule has 0 aliphatic rings. The van der Waals surface area contributed by atoms with Crippen molar-refractivity contribution in [2.45, 2.75) is 0 Å². The Morgan fingerprint density at radius 2 is 1.45 bits per heavy atom. The second kappa shape index (κ2) is 8.75. The van der Waals surface area contributed by atoms with Crippen LogP contribution in [0.1, 0.15) is 5.56 Å². The van der Waals surface area contributed by atoms with E-state index in [1.54, 1.807) is 6.08 Å². The summed E-state index contributed by atoms with van der Waals surface area (Å²) < 4.78 is 4.64. The van der Waals surface area contributed by atoms with Gasteiger partial charge in [-0.1, -0.05) is 73.3 Å². The lowest BCUT2D eigenvalue weighted by Gasteiger charge is -2.12. The lowest BCUT2D eigenvalue weighted by Crippen LogP contribution is -1.95. The maximum Gasteiger partial charge on any atom is 0.0619 e. The van der Waals surface area contributed by atoms with Crippen molar-refractivity contribution in [1.29, 1.82) is 5.41 Å². The first-order chi connectivity index (χ1) is 18.7. The van der Waals surface area contributed by atoms with Crippen LogP contribution in [-0.4, -0.2) is 15.3 Å². The van der Waals surface area contributed by atoms with Crippen LogP contribution in [0.4, 0.5) is 0 Å². The molecule has 38 heavy (non-hydrogen) atoms. The predicted octanol–water partition coefficient (Wildman–Crippen LogP) is 9.10. The minimum atomic E-state index is 0.887. The third-order valence-corrected chi connectivity index (χ3v) is 7.38.